The molecule has 0 spiro atoms. The minimum absolute atomic E-state index is 0.107. The molecule has 0 saturated carbocycles. The Morgan fingerprint density at radius 3 is 2.60 bits per heavy atom. The molecule has 0 unspecified atom stereocenters. The number of aromatic nitrogens is 1. The molecule has 0 radical (unpaired) electrons. The van der Waals surface area contributed by atoms with Gasteiger partial charge in [-0.2, -0.15) is 0 Å². The lowest BCUT2D eigenvalue weighted by atomic mass is 10.1. The highest BCUT2D eigenvalue weighted by Crippen LogP contribution is 2.24. The van der Waals surface area contributed by atoms with Crippen LogP contribution in [0.3, 0.4) is 0 Å². The van der Waals surface area contributed by atoms with Gasteiger partial charge in [0.25, 0.3) is 10.0 Å². The van der Waals surface area contributed by atoms with Crippen molar-refractivity contribution in [1.29, 1.82) is 0 Å². The highest BCUT2D eigenvalue weighted by atomic mass is 32.2. The zero-order valence-electron chi connectivity index (χ0n) is 10.7. The van der Waals surface area contributed by atoms with Crippen LogP contribution in [0, 0.1) is 6.92 Å². The normalized spacial score (nSPS) is 11.7. The van der Waals surface area contributed by atoms with Gasteiger partial charge in [0, 0.05) is 11.5 Å². The Labute approximate surface area is 116 Å². The van der Waals surface area contributed by atoms with Gasteiger partial charge in [-0.3, -0.25) is 0 Å². The number of nitrogens with zero attached hydrogens (tertiary/aromatic N) is 1. The lowest BCUT2D eigenvalue weighted by molar-refractivity contribution is 0.430. The van der Waals surface area contributed by atoms with Crippen LogP contribution in [0.25, 0.3) is 10.8 Å². The van der Waals surface area contributed by atoms with E-state index in [1.165, 1.54) is 6.07 Å². The zero-order valence-corrected chi connectivity index (χ0v) is 11.5. The van der Waals surface area contributed by atoms with Crippen LogP contribution in [0.15, 0.2) is 57.9 Å². The first kappa shape index (κ1) is 12.7. The summed E-state index contributed by atoms with van der Waals surface area (Å²) in [5.41, 5.74) is 0.612. The number of sulfonamides is 1. The zero-order chi connectivity index (χ0) is 14.2. The van der Waals surface area contributed by atoms with Gasteiger partial charge in [0.2, 0.25) is 5.88 Å². The average Bonchev–Trinajstić information content (AvgIpc) is 2.82. The SMILES string of the molecule is Cc1cc(NS(=O)(=O)c2cccc3ccccc23)on1. The van der Waals surface area contributed by atoms with E-state index in [9.17, 15) is 8.42 Å². The third-order valence-electron chi connectivity index (χ3n) is 2.90. The van der Waals surface area contributed by atoms with E-state index in [1.54, 1.807) is 31.2 Å². The van der Waals surface area contributed by atoms with Gasteiger partial charge >= 0.3 is 0 Å². The lowest BCUT2D eigenvalue weighted by Crippen LogP contribution is -2.12. The summed E-state index contributed by atoms with van der Waals surface area (Å²) in [7, 11) is -3.71. The number of anilines is 1. The maximum atomic E-state index is 12.4. The summed E-state index contributed by atoms with van der Waals surface area (Å²) in [4.78, 5) is 0.213. The van der Waals surface area contributed by atoms with Gasteiger partial charge in [-0.15, -0.1) is 0 Å². The number of hydrogen-bond donors (Lipinski definition) is 1. The average molecular weight is 288 g/mol. The van der Waals surface area contributed by atoms with Gasteiger partial charge in [0.1, 0.15) is 0 Å². The van der Waals surface area contributed by atoms with E-state index >= 15 is 0 Å². The molecule has 1 N–H and O–H groups in total. The summed E-state index contributed by atoms with van der Waals surface area (Å²) in [5, 5.41) is 5.19. The number of fused-ring (bicyclic) bond motifs is 1. The molecule has 0 aliphatic heterocycles. The van der Waals surface area contributed by atoms with Crippen molar-refractivity contribution >= 4 is 26.7 Å². The molecular weight excluding hydrogens is 276 g/mol. The molecular formula is C14H12N2O3S. The third kappa shape index (κ3) is 2.25. The van der Waals surface area contributed by atoms with Crippen molar-refractivity contribution in [3.8, 4) is 0 Å². The Morgan fingerprint density at radius 1 is 1.10 bits per heavy atom. The summed E-state index contributed by atoms with van der Waals surface area (Å²) in [6.45, 7) is 1.72. The van der Waals surface area contributed by atoms with E-state index in [2.05, 4.69) is 9.88 Å². The fourth-order valence-electron chi connectivity index (χ4n) is 2.03. The smallest absolute Gasteiger partial charge is 0.264 e. The standard InChI is InChI=1S/C14H12N2O3S/c1-10-9-14(19-15-10)16-20(17,18)13-8-4-6-11-5-2-3-7-12(11)13/h2-9,16H,1H3. The summed E-state index contributed by atoms with van der Waals surface area (Å²) < 4.78 is 32.1. The maximum absolute atomic E-state index is 12.4. The first-order valence-electron chi connectivity index (χ1n) is 6.00. The van der Waals surface area contributed by atoms with E-state index in [-0.39, 0.29) is 10.8 Å². The van der Waals surface area contributed by atoms with Crippen molar-refractivity contribution in [2.45, 2.75) is 11.8 Å². The van der Waals surface area contributed by atoms with Crippen molar-refractivity contribution in [1.82, 2.24) is 5.16 Å². The van der Waals surface area contributed by atoms with Gasteiger partial charge in [-0.25, -0.2) is 13.1 Å². The quantitative estimate of drug-likeness (QED) is 0.804. The molecule has 0 bridgehead atoms. The second kappa shape index (κ2) is 4.64. The summed E-state index contributed by atoms with van der Waals surface area (Å²) in [6, 6.07) is 14.0. The molecule has 3 aromatic rings. The summed E-state index contributed by atoms with van der Waals surface area (Å²) in [5.74, 6) is 0.107. The van der Waals surface area contributed by atoms with Crippen LogP contribution in [-0.2, 0) is 10.0 Å². The molecule has 20 heavy (non-hydrogen) atoms. The molecule has 3 rings (SSSR count). The van der Waals surface area contributed by atoms with Gasteiger partial charge in [0.15, 0.2) is 0 Å². The molecule has 0 atom stereocenters. The Hall–Kier alpha value is -2.34. The minimum Gasteiger partial charge on any atom is -0.338 e. The minimum atomic E-state index is -3.71. The fourth-order valence-corrected chi connectivity index (χ4v) is 3.23. The molecule has 6 heteroatoms. The first-order valence-corrected chi connectivity index (χ1v) is 7.48. The molecule has 0 fully saturated rings. The number of hydrogen-bond acceptors (Lipinski definition) is 4. The molecule has 5 nitrogen and oxygen atoms in total. The van der Waals surface area contributed by atoms with Gasteiger partial charge in [0.05, 0.1) is 10.6 Å². The highest BCUT2D eigenvalue weighted by Gasteiger charge is 2.18. The van der Waals surface area contributed by atoms with Crippen molar-refractivity contribution < 1.29 is 12.9 Å². The predicted molar refractivity (Wildman–Crippen MR) is 76.0 cm³/mol. The van der Waals surface area contributed by atoms with Gasteiger partial charge < -0.3 is 4.52 Å². The van der Waals surface area contributed by atoms with E-state index in [0.29, 0.717) is 11.1 Å². The predicted octanol–water partition coefficient (Wildman–Crippen LogP) is 2.94. The van der Waals surface area contributed by atoms with Crippen LogP contribution in [0.2, 0.25) is 0 Å². The Balaban J connectivity index is 2.09. The fraction of sp³-hybridized carbons (Fsp3) is 0.0714. The van der Waals surface area contributed by atoms with Crippen LogP contribution < -0.4 is 4.72 Å². The summed E-state index contributed by atoms with van der Waals surface area (Å²) >= 11 is 0. The van der Waals surface area contributed by atoms with Crippen molar-refractivity contribution in [3.63, 3.8) is 0 Å². The monoisotopic (exact) mass is 288 g/mol. The highest BCUT2D eigenvalue weighted by molar-refractivity contribution is 7.93. The maximum Gasteiger partial charge on any atom is 0.264 e. The van der Waals surface area contributed by atoms with Gasteiger partial charge in [-0.1, -0.05) is 41.6 Å². The van der Waals surface area contributed by atoms with E-state index in [1.807, 2.05) is 18.2 Å². The topological polar surface area (TPSA) is 72.2 Å². The Morgan fingerprint density at radius 2 is 1.85 bits per heavy atom. The molecule has 0 amide bonds. The van der Waals surface area contributed by atoms with Crippen molar-refractivity contribution in [2.24, 2.45) is 0 Å². The van der Waals surface area contributed by atoms with Crippen LogP contribution >= 0.6 is 0 Å². The van der Waals surface area contributed by atoms with Crippen LogP contribution in [-0.4, -0.2) is 13.6 Å². The van der Waals surface area contributed by atoms with Crippen LogP contribution in [0.4, 0.5) is 5.88 Å². The summed E-state index contributed by atoms with van der Waals surface area (Å²) in [6.07, 6.45) is 0. The molecule has 1 heterocycles. The first-order chi connectivity index (χ1) is 9.56. The molecule has 0 saturated heterocycles. The second-order valence-corrected chi connectivity index (χ2v) is 6.07. The lowest BCUT2D eigenvalue weighted by Gasteiger charge is -2.08. The van der Waals surface area contributed by atoms with Crippen molar-refractivity contribution in [2.75, 3.05) is 4.72 Å². The second-order valence-electron chi connectivity index (χ2n) is 4.42. The molecule has 0 aliphatic carbocycles. The van der Waals surface area contributed by atoms with E-state index in [0.717, 1.165) is 5.39 Å². The molecule has 102 valence electrons. The number of nitrogens with one attached hydrogen (secondary N) is 1. The Kier molecular flexibility index (Phi) is 2.94. The van der Waals surface area contributed by atoms with Gasteiger partial charge in [-0.05, 0) is 18.4 Å². The number of rotatable bonds is 3. The van der Waals surface area contributed by atoms with Crippen LogP contribution in [0.1, 0.15) is 5.69 Å². The largest absolute Gasteiger partial charge is 0.338 e. The molecule has 0 aliphatic rings. The number of aryl methyl sites for hydroxylation is 1. The number of benzene rings is 2. The van der Waals surface area contributed by atoms with E-state index in [4.69, 9.17) is 4.52 Å². The van der Waals surface area contributed by atoms with E-state index < -0.39 is 10.0 Å². The molecule has 2 aromatic carbocycles. The van der Waals surface area contributed by atoms with Crippen molar-refractivity contribution in [3.05, 3.63) is 54.2 Å². The van der Waals surface area contributed by atoms with Crippen LogP contribution in [0.5, 0.6) is 0 Å². The third-order valence-corrected chi connectivity index (χ3v) is 4.31. The Bertz CT molecular complexity index is 864. The molecule has 1 aromatic heterocycles.